The van der Waals surface area contributed by atoms with E-state index in [4.69, 9.17) is 21.1 Å². The van der Waals surface area contributed by atoms with Gasteiger partial charge in [0.1, 0.15) is 5.75 Å². The van der Waals surface area contributed by atoms with Crippen LogP contribution in [0.1, 0.15) is 30.0 Å². The lowest BCUT2D eigenvalue weighted by molar-refractivity contribution is -0.150. The second-order valence-electron chi connectivity index (χ2n) is 6.11. The van der Waals surface area contributed by atoms with Gasteiger partial charge in [-0.1, -0.05) is 35.9 Å². The van der Waals surface area contributed by atoms with E-state index >= 15 is 0 Å². The van der Waals surface area contributed by atoms with E-state index < -0.39 is 5.97 Å². The summed E-state index contributed by atoms with van der Waals surface area (Å²) in [7, 11) is 0. The highest BCUT2D eigenvalue weighted by Crippen LogP contribution is 2.29. The quantitative estimate of drug-likeness (QED) is 0.787. The maximum atomic E-state index is 12.1. The van der Waals surface area contributed by atoms with Crippen molar-refractivity contribution in [2.75, 3.05) is 13.2 Å². The second kappa shape index (κ2) is 8.72. The van der Waals surface area contributed by atoms with Crippen molar-refractivity contribution in [2.24, 2.45) is 0 Å². The van der Waals surface area contributed by atoms with E-state index in [1.807, 2.05) is 18.2 Å². The first-order valence-corrected chi connectivity index (χ1v) is 8.91. The number of halogens is 1. The fraction of sp³-hybridized carbons (Fsp3) is 0.300. The zero-order valence-corrected chi connectivity index (χ0v) is 15.0. The SMILES string of the molecule is O=C(COC(=O)COc1ccc(Cl)cc1)N[C@@H]1CCCc2ccccc21. The van der Waals surface area contributed by atoms with Crippen LogP contribution in [0.3, 0.4) is 0 Å². The summed E-state index contributed by atoms with van der Waals surface area (Å²) in [5.74, 6) is -0.402. The lowest BCUT2D eigenvalue weighted by Gasteiger charge is -2.26. The normalized spacial score (nSPS) is 15.7. The van der Waals surface area contributed by atoms with Crippen LogP contribution in [-0.2, 0) is 20.7 Å². The monoisotopic (exact) mass is 373 g/mol. The van der Waals surface area contributed by atoms with Crippen molar-refractivity contribution in [3.05, 3.63) is 64.7 Å². The van der Waals surface area contributed by atoms with Gasteiger partial charge in [0.2, 0.25) is 0 Å². The van der Waals surface area contributed by atoms with Crippen molar-refractivity contribution in [2.45, 2.75) is 25.3 Å². The maximum absolute atomic E-state index is 12.1. The Morgan fingerprint density at radius 2 is 1.85 bits per heavy atom. The van der Waals surface area contributed by atoms with E-state index in [9.17, 15) is 9.59 Å². The number of esters is 1. The van der Waals surface area contributed by atoms with Crippen molar-refractivity contribution in [3.63, 3.8) is 0 Å². The molecule has 0 heterocycles. The van der Waals surface area contributed by atoms with Crippen LogP contribution in [0, 0.1) is 0 Å². The molecule has 0 aromatic heterocycles. The zero-order chi connectivity index (χ0) is 18.4. The predicted molar refractivity (Wildman–Crippen MR) is 98.2 cm³/mol. The average Bonchev–Trinajstić information content (AvgIpc) is 2.66. The smallest absolute Gasteiger partial charge is 0.344 e. The van der Waals surface area contributed by atoms with Crippen LogP contribution in [-0.4, -0.2) is 25.1 Å². The van der Waals surface area contributed by atoms with Crippen molar-refractivity contribution >= 4 is 23.5 Å². The number of nitrogens with one attached hydrogen (secondary N) is 1. The molecule has 1 aliphatic rings. The average molecular weight is 374 g/mol. The van der Waals surface area contributed by atoms with Crippen LogP contribution in [0.15, 0.2) is 48.5 Å². The van der Waals surface area contributed by atoms with Crippen molar-refractivity contribution in [3.8, 4) is 5.75 Å². The van der Waals surface area contributed by atoms with Gasteiger partial charge in [-0.15, -0.1) is 0 Å². The molecular formula is C20H20ClNO4. The largest absolute Gasteiger partial charge is 0.482 e. The minimum atomic E-state index is -0.598. The molecule has 1 aliphatic carbocycles. The highest BCUT2D eigenvalue weighted by atomic mass is 35.5. The van der Waals surface area contributed by atoms with Crippen LogP contribution < -0.4 is 10.1 Å². The minimum Gasteiger partial charge on any atom is -0.482 e. The third kappa shape index (κ3) is 4.99. The van der Waals surface area contributed by atoms with Crippen molar-refractivity contribution < 1.29 is 19.1 Å². The van der Waals surface area contributed by atoms with Crippen LogP contribution in [0.4, 0.5) is 0 Å². The first kappa shape index (κ1) is 18.3. The molecule has 0 bridgehead atoms. The Morgan fingerprint density at radius 1 is 1.08 bits per heavy atom. The van der Waals surface area contributed by atoms with Crippen LogP contribution >= 0.6 is 11.6 Å². The molecule has 26 heavy (non-hydrogen) atoms. The molecule has 3 rings (SSSR count). The van der Waals surface area contributed by atoms with E-state index in [0.29, 0.717) is 10.8 Å². The van der Waals surface area contributed by atoms with Crippen LogP contribution in [0.25, 0.3) is 0 Å². The number of rotatable bonds is 6. The summed E-state index contributed by atoms with van der Waals surface area (Å²) in [5, 5.41) is 3.52. The van der Waals surface area contributed by atoms with Gasteiger partial charge in [-0.2, -0.15) is 0 Å². The fourth-order valence-corrected chi connectivity index (χ4v) is 3.13. The van der Waals surface area contributed by atoms with Gasteiger partial charge in [-0.05, 0) is 54.7 Å². The van der Waals surface area contributed by atoms with E-state index in [0.717, 1.165) is 24.8 Å². The molecule has 0 saturated carbocycles. The van der Waals surface area contributed by atoms with Gasteiger partial charge in [0.25, 0.3) is 5.91 Å². The van der Waals surface area contributed by atoms with E-state index in [1.165, 1.54) is 5.56 Å². The fourth-order valence-electron chi connectivity index (χ4n) is 3.00. The Bertz CT molecular complexity index is 776. The zero-order valence-electron chi connectivity index (χ0n) is 14.2. The second-order valence-corrected chi connectivity index (χ2v) is 6.55. The number of benzene rings is 2. The first-order chi connectivity index (χ1) is 12.6. The summed E-state index contributed by atoms with van der Waals surface area (Å²) in [6.07, 6.45) is 2.94. The molecule has 6 heteroatoms. The Labute approximate surface area is 157 Å². The number of ether oxygens (including phenoxy) is 2. The number of amides is 1. The van der Waals surface area contributed by atoms with Crippen LogP contribution in [0.2, 0.25) is 5.02 Å². The molecular weight excluding hydrogens is 354 g/mol. The van der Waals surface area contributed by atoms with Gasteiger partial charge >= 0.3 is 5.97 Å². The summed E-state index contributed by atoms with van der Waals surface area (Å²) >= 11 is 5.78. The molecule has 0 fully saturated rings. The summed E-state index contributed by atoms with van der Waals surface area (Å²) in [6, 6.07) is 14.7. The van der Waals surface area contributed by atoms with Gasteiger partial charge in [0, 0.05) is 5.02 Å². The predicted octanol–water partition coefficient (Wildman–Crippen LogP) is 3.46. The number of aryl methyl sites for hydroxylation is 1. The standard InChI is InChI=1S/C20H20ClNO4/c21-15-8-10-16(11-9-15)25-13-20(24)26-12-19(23)22-18-7-3-5-14-4-1-2-6-17(14)18/h1-2,4,6,8-11,18H,3,5,7,12-13H2,(H,22,23)/t18-/m1/s1. The molecule has 136 valence electrons. The molecule has 2 aromatic rings. The molecule has 0 aliphatic heterocycles. The third-order valence-electron chi connectivity index (χ3n) is 4.24. The van der Waals surface area contributed by atoms with Gasteiger partial charge in [0.05, 0.1) is 6.04 Å². The van der Waals surface area contributed by atoms with E-state index in [1.54, 1.807) is 24.3 Å². The topological polar surface area (TPSA) is 64.6 Å². The van der Waals surface area contributed by atoms with Crippen molar-refractivity contribution in [1.82, 2.24) is 5.32 Å². The lowest BCUT2D eigenvalue weighted by atomic mass is 9.88. The molecule has 5 nitrogen and oxygen atoms in total. The van der Waals surface area contributed by atoms with E-state index in [2.05, 4.69) is 11.4 Å². The maximum Gasteiger partial charge on any atom is 0.344 e. The summed E-state index contributed by atoms with van der Waals surface area (Å²) in [5.41, 5.74) is 2.40. The summed E-state index contributed by atoms with van der Waals surface area (Å²) in [6.45, 7) is -0.581. The Balaban J connectivity index is 1.43. The summed E-state index contributed by atoms with van der Waals surface area (Å²) < 4.78 is 10.3. The molecule has 2 aromatic carbocycles. The number of carbonyl (C=O) groups excluding carboxylic acids is 2. The van der Waals surface area contributed by atoms with E-state index in [-0.39, 0.29) is 25.2 Å². The van der Waals surface area contributed by atoms with Gasteiger partial charge in [-0.25, -0.2) is 4.79 Å². The molecule has 0 saturated heterocycles. The Hall–Kier alpha value is -2.53. The number of carbonyl (C=O) groups is 2. The lowest BCUT2D eigenvalue weighted by Crippen LogP contribution is -2.34. The molecule has 0 unspecified atom stereocenters. The number of fused-ring (bicyclic) bond motifs is 1. The molecule has 1 N–H and O–H groups in total. The molecule has 1 atom stereocenters. The molecule has 0 spiro atoms. The van der Waals surface area contributed by atoms with Crippen LogP contribution in [0.5, 0.6) is 5.75 Å². The highest BCUT2D eigenvalue weighted by molar-refractivity contribution is 6.30. The third-order valence-corrected chi connectivity index (χ3v) is 4.49. The first-order valence-electron chi connectivity index (χ1n) is 8.53. The van der Waals surface area contributed by atoms with Gasteiger partial charge < -0.3 is 14.8 Å². The Morgan fingerprint density at radius 3 is 2.65 bits per heavy atom. The summed E-state index contributed by atoms with van der Waals surface area (Å²) in [4.78, 5) is 23.8. The minimum absolute atomic E-state index is 0.0310. The molecule has 0 radical (unpaired) electrons. The molecule has 1 amide bonds. The Kier molecular flexibility index (Phi) is 6.12. The number of hydrogen-bond acceptors (Lipinski definition) is 4. The van der Waals surface area contributed by atoms with Gasteiger partial charge in [0.15, 0.2) is 13.2 Å². The number of hydrogen-bond donors (Lipinski definition) is 1. The highest BCUT2D eigenvalue weighted by Gasteiger charge is 2.21. The van der Waals surface area contributed by atoms with Crippen molar-refractivity contribution in [1.29, 1.82) is 0 Å². The van der Waals surface area contributed by atoms with Gasteiger partial charge in [-0.3, -0.25) is 4.79 Å².